The Morgan fingerprint density at radius 2 is 1.65 bits per heavy atom. The molecule has 0 spiro atoms. The predicted molar refractivity (Wildman–Crippen MR) is 152 cm³/mol. The van der Waals surface area contributed by atoms with E-state index in [1.807, 2.05) is 54.6 Å². The van der Waals surface area contributed by atoms with Gasteiger partial charge in [0.1, 0.15) is 5.57 Å². The molecule has 2 amide bonds. The molecular formula is C31H25N3O2S. The van der Waals surface area contributed by atoms with Crippen LogP contribution in [0.15, 0.2) is 96.6 Å². The first-order valence-electron chi connectivity index (χ1n) is 12.4. The zero-order valence-corrected chi connectivity index (χ0v) is 21.0. The number of fused-ring (bicyclic) bond motifs is 2. The van der Waals surface area contributed by atoms with Crippen molar-refractivity contribution < 1.29 is 9.59 Å². The summed E-state index contributed by atoms with van der Waals surface area (Å²) in [6.07, 6.45) is 3.69. The Kier molecular flexibility index (Phi) is 6.02. The van der Waals surface area contributed by atoms with Crippen molar-refractivity contribution in [2.45, 2.75) is 19.4 Å². The highest BCUT2D eigenvalue weighted by atomic mass is 32.1. The van der Waals surface area contributed by atoms with Crippen LogP contribution in [-0.4, -0.2) is 23.5 Å². The van der Waals surface area contributed by atoms with Crippen molar-refractivity contribution >= 4 is 57.4 Å². The van der Waals surface area contributed by atoms with E-state index in [-0.39, 0.29) is 10.7 Å². The van der Waals surface area contributed by atoms with Crippen molar-refractivity contribution in [2.75, 3.05) is 16.3 Å². The van der Waals surface area contributed by atoms with Crippen molar-refractivity contribution in [1.29, 1.82) is 0 Å². The Bertz CT molecular complexity index is 1570. The van der Waals surface area contributed by atoms with Crippen LogP contribution < -0.4 is 15.1 Å². The maximum Gasteiger partial charge on any atom is 0.270 e. The summed E-state index contributed by atoms with van der Waals surface area (Å²) in [6.45, 7) is 1.85. The second-order valence-corrected chi connectivity index (χ2v) is 9.74. The molecule has 0 atom stereocenters. The Morgan fingerprint density at radius 1 is 0.865 bits per heavy atom. The molecule has 0 saturated carbocycles. The van der Waals surface area contributed by atoms with E-state index in [0.717, 1.165) is 42.3 Å². The van der Waals surface area contributed by atoms with Gasteiger partial charge in [0.05, 0.1) is 5.69 Å². The highest BCUT2D eigenvalue weighted by Crippen LogP contribution is 2.32. The van der Waals surface area contributed by atoms with Gasteiger partial charge in [0.2, 0.25) is 0 Å². The summed E-state index contributed by atoms with van der Waals surface area (Å²) in [6, 6.07) is 30.2. The van der Waals surface area contributed by atoms with E-state index in [9.17, 15) is 9.59 Å². The lowest BCUT2D eigenvalue weighted by Gasteiger charge is -2.32. The summed E-state index contributed by atoms with van der Waals surface area (Å²) in [5.41, 5.74) is 5.25. The summed E-state index contributed by atoms with van der Waals surface area (Å²) >= 11 is 5.43. The smallest absolute Gasteiger partial charge is 0.270 e. The van der Waals surface area contributed by atoms with Crippen LogP contribution >= 0.6 is 12.2 Å². The van der Waals surface area contributed by atoms with Gasteiger partial charge in [0.15, 0.2) is 5.11 Å². The SMILES string of the molecule is O=C1NC(=S)N(c2cccc3ccccc23)C(=O)/C1=C/c1ccc2c(c1)CCCN2Cc1ccccc1. The maximum atomic E-state index is 13.6. The second-order valence-electron chi connectivity index (χ2n) is 9.35. The van der Waals surface area contributed by atoms with Crippen LogP contribution in [0.5, 0.6) is 0 Å². The third kappa shape index (κ3) is 4.41. The van der Waals surface area contributed by atoms with Gasteiger partial charge in [-0.3, -0.25) is 19.8 Å². The molecule has 0 unspecified atom stereocenters. The summed E-state index contributed by atoms with van der Waals surface area (Å²) in [7, 11) is 0. The van der Waals surface area contributed by atoms with Gasteiger partial charge >= 0.3 is 0 Å². The van der Waals surface area contributed by atoms with E-state index in [4.69, 9.17) is 12.2 Å². The molecule has 0 bridgehead atoms. The number of nitrogens with zero attached hydrogens (tertiary/aromatic N) is 2. The van der Waals surface area contributed by atoms with Crippen LogP contribution in [0.1, 0.15) is 23.1 Å². The molecule has 2 aliphatic heterocycles. The largest absolute Gasteiger partial charge is 0.367 e. The molecule has 2 heterocycles. The van der Waals surface area contributed by atoms with Gasteiger partial charge in [0, 0.05) is 24.2 Å². The van der Waals surface area contributed by atoms with E-state index in [1.165, 1.54) is 21.7 Å². The standard InChI is InChI=1S/C31H25N3O2S/c35-29-26(30(36)34(31(37)32-29)28-14-6-11-23-10-4-5-13-25(23)28)19-22-15-16-27-24(18-22)12-7-17-33(27)20-21-8-2-1-3-9-21/h1-6,8-11,13-16,18-19H,7,12,17,20H2,(H,32,35,37)/b26-19+. The van der Waals surface area contributed by atoms with Gasteiger partial charge in [-0.2, -0.15) is 0 Å². The molecule has 2 aliphatic rings. The third-order valence-corrected chi connectivity index (χ3v) is 7.24. The van der Waals surface area contributed by atoms with Crippen molar-refractivity contribution in [3.63, 3.8) is 0 Å². The number of benzene rings is 4. The molecule has 6 heteroatoms. The number of hydrogen-bond donors (Lipinski definition) is 1. The number of anilines is 2. The molecule has 4 aromatic carbocycles. The quantitative estimate of drug-likeness (QED) is 0.223. The molecule has 0 aliphatic carbocycles. The van der Waals surface area contributed by atoms with Crippen LogP contribution in [0.3, 0.4) is 0 Å². The van der Waals surface area contributed by atoms with Crippen LogP contribution in [0.25, 0.3) is 16.8 Å². The topological polar surface area (TPSA) is 52.7 Å². The molecule has 1 saturated heterocycles. The number of carbonyl (C=O) groups is 2. The van der Waals surface area contributed by atoms with Crippen LogP contribution in [0.4, 0.5) is 11.4 Å². The predicted octanol–water partition coefficient (Wildman–Crippen LogP) is 5.62. The number of aryl methyl sites for hydroxylation is 1. The lowest BCUT2D eigenvalue weighted by molar-refractivity contribution is -0.122. The first kappa shape index (κ1) is 23.1. The molecule has 1 fully saturated rings. The fourth-order valence-corrected chi connectivity index (χ4v) is 5.47. The molecule has 37 heavy (non-hydrogen) atoms. The van der Waals surface area contributed by atoms with Gasteiger partial charge < -0.3 is 4.90 Å². The third-order valence-electron chi connectivity index (χ3n) is 6.95. The van der Waals surface area contributed by atoms with Crippen molar-refractivity contribution in [3.8, 4) is 0 Å². The van der Waals surface area contributed by atoms with Crippen molar-refractivity contribution in [1.82, 2.24) is 5.32 Å². The Labute approximate surface area is 221 Å². The molecule has 5 nitrogen and oxygen atoms in total. The molecule has 1 N–H and O–H groups in total. The summed E-state index contributed by atoms with van der Waals surface area (Å²) in [5.74, 6) is -0.900. The summed E-state index contributed by atoms with van der Waals surface area (Å²) < 4.78 is 0. The zero-order chi connectivity index (χ0) is 25.4. The van der Waals surface area contributed by atoms with Crippen LogP contribution in [0, 0.1) is 0 Å². The highest BCUT2D eigenvalue weighted by molar-refractivity contribution is 7.80. The number of carbonyl (C=O) groups excluding carboxylic acids is 2. The van der Waals surface area contributed by atoms with Gasteiger partial charge in [-0.05, 0) is 71.4 Å². The first-order chi connectivity index (χ1) is 18.1. The number of hydrogen-bond acceptors (Lipinski definition) is 4. The maximum absolute atomic E-state index is 13.6. The Morgan fingerprint density at radius 3 is 2.51 bits per heavy atom. The van der Waals surface area contributed by atoms with E-state index >= 15 is 0 Å². The summed E-state index contributed by atoms with van der Waals surface area (Å²) in [4.78, 5) is 30.3. The number of amides is 2. The fraction of sp³-hybridized carbons (Fsp3) is 0.129. The molecule has 182 valence electrons. The van der Waals surface area contributed by atoms with Crippen molar-refractivity contribution in [2.24, 2.45) is 0 Å². The lowest BCUT2D eigenvalue weighted by Crippen LogP contribution is -2.54. The van der Waals surface area contributed by atoms with Crippen LogP contribution in [-0.2, 0) is 22.6 Å². The molecule has 0 radical (unpaired) electrons. The summed E-state index contributed by atoms with van der Waals surface area (Å²) in [5, 5.41) is 4.68. The van der Waals surface area contributed by atoms with Gasteiger partial charge in [-0.25, -0.2) is 0 Å². The van der Waals surface area contributed by atoms with Crippen LogP contribution in [0.2, 0.25) is 0 Å². The minimum Gasteiger partial charge on any atom is -0.367 e. The minimum absolute atomic E-state index is 0.0680. The van der Waals surface area contributed by atoms with E-state index in [1.54, 1.807) is 6.08 Å². The Hall–Kier alpha value is -4.29. The monoisotopic (exact) mass is 503 g/mol. The number of rotatable bonds is 4. The fourth-order valence-electron chi connectivity index (χ4n) is 5.20. The average molecular weight is 504 g/mol. The molecular weight excluding hydrogens is 478 g/mol. The number of thiocarbonyl (C=S) groups is 1. The normalized spacial score (nSPS) is 16.8. The average Bonchev–Trinajstić information content (AvgIpc) is 2.92. The first-order valence-corrected chi connectivity index (χ1v) is 12.8. The second kappa shape index (κ2) is 9.64. The van der Waals surface area contributed by atoms with E-state index in [2.05, 4.69) is 46.6 Å². The van der Waals surface area contributed by atoms with E-state index < -0.39 is 11.8 Å². The molecule has 4 aromatic rings. The number of nitrogens with one attached hydrogen (secondary N) is 1. The van der Waals surface area contributed by atoms with E-state index in [0.29, 0.717) is 5.69 Å². The minimum atomic E-state index is -0.477. The van der Waals surface area contributed by atoms with Gasteiger partial charge in [0.25, 0.3) is 11.8 Å². The van der Waals surface area contributed by atoms with Crippen molar-refractivity contribution in [3.05, 3.63) is 113 Å². The molecule has 6 rings (SSSR count). The van der Waals surface area contributed by atoms with Gasteiger partial charge in [-0.1, -0.05) is 72.8 Å². The molecule has 0 aromatic heterocycles. The van der Waals surface area contributed by atoms with Gasteiger partial charge in [-0.15, -0.1) is 0 Å². The highest BCUT2D eigenvalue weighted by Gasteiger charge is 2.35. The zero-order valence-electron chi connectivity index (χ0n) is 20.2. The lowest BCUT2D eigenvalue weighted by atomic mass is 9.97. The Balaban J connectivity index is 1.33.